The zero-order valence-corrected chi connectivity index (χ0v) is 11.0. The fourth-order valence-corrected chi connectivity index (χ4v) is 2.49. The SMILES string of the molecule is O=C(O)C1(Nc2nccn(C3CC3)c2=O)CCOCC1. The third-order valence-corrected chi connectivity index (χ3v) is 3.92. The molecule has 0 unspecified atom stereocenters. The Hall–Kier alpha value is -1.89. The molecule has 2 aliphatic rings. The van der Waals surface area contributed by atoms with Crippen molar-refractivity contribution in [3.63, 3.8) is 0 Å². The number of anilines is 1. The van der Waals surface area contributed by atoms with E-state index in [4.69, 9.17) is 4.74 Å². The molecule has 7 heteroatoms. The van der Waals surface area contributed by atoms with Gasteiger partial charge in [-0.05, 0) is 12.8 Å². The van der Waals surface area contributed by atoms with Gasteiger partial charge in [-0.3, -0.25) is 4.79 Å². The van der Waals surface area contributed by atoms with Gasteiger partial charge < -0.3 is 19.7 Å². The summed E-state index contributed by atoms with van der Waals surface area (Å²) in [6, 6.07) is 0.238. The molecule has 1 aliphatic heterocycles. The Labute approximate surface area is 115 Å². The summed E-state index contributed by atoms with van der Waals surface area (Å²) in [5.74, 6) is -0.854. The van der Waals surface area contributed by atoms with Crippen LogP contribution in [0.25, 0.3) is 0 Å². The van der Waals surface area contributed by atoms with Crippen molar-refractivity contribution < 1.29 is 14.6 Å². The van der Waals surface area contributed by atoms with E-state index in [0.717, 1.165) is 12.8 Å². The summed E-state index contributed by atoms with van der Waals surface area (Å²) in [5.41, 5.74) is -1.41. The van der Waals surface area contributed by atoms with E-state index in [1.165, 1.54) is 6.20 Å². The third-order valence-electron chi connectivity index (χ3n) is 3.92. The summed E-state index contributed by atoms with van der Waals surface area (Å²) in [6.45, 7) is 0.728. The van der Waals surface area contributed by atoms with Crippen LogP contribution in [0.15, 0.2) is 17.2 Å². The Bertz CT molecular complexity index is 573. The summed E-state index contributed by atoms with van der Waals surface area (Å²) in [5, 5.41) is 12.3. The number of aliphatic carboxylic acids is 1. The molecule has 0 spiro atoms. The van der Waals surface area contributed by atoms with Gasteiger partial charge in [-0.1, -0.05) is 0 Å². The van der Waals surface area contributed by atoms with Crippen molar-refractivity contribution in [3.8, 4) is 0 Å². The Morgan fingerprint density at radius 3 is 2.75 bits per heavy atom. The van der Waals surface area contributed by atoms with Crippen LogP contribution in [0.1, 0.15) is 31.7 Å². The van der Waals surface area contributed by atoms with Crippen LogP contribution >= 0.6 is 0 Å². The summed E-state index contributed by atoms with van der Waals surface area (Å²) in [4.78, 5) is 27.9. The van der Waals surface area contributed by atoms with Gasteiger partial charge in [0.1, 0.15) is 5.54 Å². The first-order valence-electron chi connectivity index (χ1n) is 6.79. The zero-order chi connectivity index (χ0) is 14.2. The minimum Gasteiger partial charge on any atom is -0.480 e. The smallest absolute Gasteiger partial charge is 0.329 e. The molecule has 2 fully saturated rings. The van der Waals surface area contributed by atoms with Crippen LogP contribution in [-0.2, 0) is 9.53 Å². The van der Waals surface area contributed by atoms with Crippen LogP contribution in [0, 0.1) is 0 Å². The maximum absolute atomic E-state index is 12.3. The lowest BCUT2D eigenvalue weighted by atomic mass is 9.90. The number of nitrogens with one attached hydrogen (secondary N) is 1. The van der Waals surface area contributed by atoms with Gasteiger partial charge in [-0.15, -0.1) is 0 Å². The Morgan fingerprint density at radius 2 is 2.15 bits per heavy atom. The van der Waals surface area contributed by atoms with Gasteiger partial charge in [0.05, 0.1) is 0 Å². The number of carboxylic acid groups (broad SMARTS) is 1. The van der Waals surface area contributed by atoms with E-state index in [2.05, 4.69) is 10.3 Å². The lowest BCUT2D eigenvalue weighted by Crippen LogP contribution is -2.51. The molecule has 1 aromatic heterocycles. The van der Waals surface area contributed by atoms with E-state index < -0.39 is 11.5 Å². The predicted octanol–water partition coefficient (Wildman–Crippen LogP) is 0.624. The molecule has 0 bridgehead atoms. The fourth-order valence-electron chi connectivity index (χ4n) is 2.49. The van der Waals surface area contributed by atoms with Crippen molar-refractivity contribution in [2.75, 3.05) is 18.5 Å². The maximum atomic E-state index is 12.3. The van der Waals surface area contributed by atoms with Crippen LogP contribution < -0.4 is 10.9 Å². The van der Waals surface area contributed by atoms with E-state index in [0.29, 0.717) is 26.1 Å². The van der Waals surface area contributed by atoms with Crippen molar-refractivity contribution in [1.82, 2.24) is 9.55 Å². The minimum atomic E-state index is -1.16. The van der Waals surface area contributed by atoms with Gasteiger partial charge in [-0.2, -0.15) is 0 Å². The van der Waals surface area contributed by atoms with Crippen molar-refractivity contribution in [1.29, 1.82) is 0 Å². The highest BCUT2D eigenvalue weighted by molar-refractivity contribution is 5.82. The normalized spacial score (nSPS) is 21.4. The monoisotopic (exact) mass is 279 g/mol. The minimum absolute atomic E-state index is 0.115. The van der Waals surface area contributed by atoms with E-state index in [1.54, 1.807) is 10.8 Å². The van der Waals surface area contributed by atoms with Gasteiger partial charge >= 0.3 is 5.97 Å². The van der Waals surface area contributed by atoms with E-state index in [9.17, 15) is 14.7 Å². The molecule has 1 saturated heterocycles. The van der Waals surface area contributed by atoms with Crippen molar-refractivity contribution >= 4 is 11.8 Å². The molecule has 1 aromatic rings. The van der Waals surface area contributed by atoms with Crippen molar-refractivity contribution in [2.24, 2.45) is 0 Å². The van der Waals surface area contributed by atoms with E-state index in [-0.39, 0.29) is 17.4 Å². The first-order chi connectivity index (χ1) is 9.62. The van der Waals surface area contributed by atoms with Gasteiger partial charge in [0.15, 0.2) is 5.82 Å². The second kappa shape index (κ2) is 4.90. The molecule has 0 amide bonds. The Balaban J connectivity index is 1.91. The number of ether oxygens (including phenoxy) is 1. The molecule has 3 rings (SSSR count). The molecular formula is C13H17N3O4. The number of hydrogen-bond acceptors (Lipinski definition) is 5. The quantitative estimate of drug-likeness (QED) is 0.839. The molecule has 108 valence electrons. The largest absolute Gasteiger partial charge is 0.480 e. The van der Waals surface area contributed by atoms with Gasteiger partial charge in [0.25, 0.3) is 5.56 Å². The Kier molecular flexibility index (Phi) is 3.21. The van der Waals surface area contributed by atoms with Crippen LogP contribution in [0.2, 0.25) is 0 Å². The second-order valence-electron chi connectivity index (χ2n) is 5.34. The summed E-state index contributed by atoms with van der Waals surface area (Å²) < 4.78 is 6.84. The van der Waals surface area contributed by atoms with Crippen LogP contribution in [0.3, 0.4) is 0 Å². The lowest BCUT2D eigenvalue weighted by molar-refractivity contribution is -0.145. The highest BCUT2D eigenvalue weighted by Gasteiger charge is 2.41. The number of carboxylic acids is 1. The molecule has 2 heterocycles. The number of hydrogen-bond donors (Lipinski definition) is 2. The predicted molar refractivity (Wildman–Crippen MR) is 70.8 cm³/mol. The molecule has 7 nitrogen and oxygen atoms in total. The average molecular weight is 279 g/mol. The number of nitrogens with zero attached hydrogens (tertiary/aromatic N) is 2. The van der Waals surface area contributed by atoms with Crippen LogP contribution in [0.5, 0.6) is 0 Å². The molecule has 0 radical (unpaired) electrons. The van der Waals surface area contributed by atoms with Gasteiger partial charge in [-0.25, -0.2) is 9.78 Å². The number of carbonyl (C=O) groups is 1. The average Bonchev–Trinajstić information content (AvgIpc) is 3.26. The standard InChI is InChI=1S/C13H17N3O4/c17-11-10(14-5-6-16(11)9-1-2-9)15-13(12(18)19)3-7-20-8-4-13/h5-6,9H,1-4,7-8H2,(H,14,15)(H,18,19). The van der Waals surface area contributed by atoms with Crippen molar-refractivity contribution in [3.05, 3.63) is 22.7 Å². The first kappa shape index (κ1) is 13.1. The van der Waals surface area contributed by atoms with Crippen molar-refractivity contribution in [2.45, 2.75) is 37.3 Å². The molecule has 20 heavy (non-hydrogen) atoms. The molecule has 1 saturated carbocycles. The summed E-state index contributed by atoms with van der Waals surface area (Å²) in [6.07, 6.45) is 5.81. The molecule has 2 N–H and O–H groups in total. The van der Waals surface area contributed by atoms with Gasteiger partial charge in [0, 0.05) is 44.5 Å². The highest BCUT2D eigenvalue weighted by Crippen LogP contribution is 2.33. The van der Waals surface area contributed by atoms with E-state index >= 15 is 0 Å². The summed E-state index contributed by atoms with van der Waals surface area (Å²) in [7, 11) is 0. The summed E-state index contributed by atoms with van der Waals surface area (Å²) >= 11 is 0. The third kappa shape index (κ3) is 2.29. The number of rotatable bonds is 4. The molecule has 0 atom stereocenters. The topological polar surface area (TPSA) is 93.5 Å². The highest BCUT2D eigenvalue weighted by atomic mass is 16.5. The van der Waals surface area contributed by atoms with Crippen LogP contribution in [0.4, 0.5) is 5.82 Å². The second-order valence-corrected chi connectivity index (χ2v) is 5.34. The van der Waals surface area contributed by atoms with Gasteiger partial charge in [0.2, 0.25) is 0 Å². The van der Waals surface area contributed by atoms with Crippen LogP contribution in [-0.4, -0.2) is 39.4 Å². The zero-order valence-electron chi connectivity index (χ0n) is 11.0. The molecular weight excluding hydrogens is 262 g/mol. The lowest BCUT2D eigenvalue weighted by Gasteiger charge is -2.34. The number of aromatic nitrogens is 2. The molecule has 1 aliphatic carbocycles. The first-order valence-corrected chi connectivity index (χ1v) is 6.79. The molecule has 0 aromatic carbocycles. The Morgan fingerprint density at radius 1 is 1.45 bits per heavy atom. The van der Waals surface area contributed by atoms with E-state index in [1.807, 2.05) is 0 Å². The maximum Gasteiger partial charge on any atom is 0.329 e. The fraction of sp³-hybridized carbons (Fsp3) is 0.615.